The number of nitriles is 1. The van der Waals surface area contributed by atoms with Gasteiger partial charge in [-0.3, -0.25) is 0 Å². The second-order valence-corrected chi connectivity index (χ2v) is 4.53. The molecule has 17 heavy (non-hydrogen) atoms. The molecule has 0 bridgehead atoms. The highest BCUT2D eigenvalue weighted by Gasteiger charge is 2.27. The van der Waals surface area contributed by atoms with E-state index >= 15 is 0 Å². The van der Waals surface area contributed by atoms with E-state index in [0.717, 1.165) is 31.7 Å². The molecule has 1 saturated heterocycles. The average molecular weight is 251 g/mol. The predicted molar refractivity (Wildman–Crippen MR) is 68.3 cm³/mol. The van der Waals surface area contributed by atoms with Crippen molar-refractivity contribution in [3.05, 3.63) is 22.8 Å². The second kappa shape index (κ2) is 5.35. The molecule has 5 heteroatoms. The molecule has 0 amide bonds. The summed E-state index contributed by atoms with van der Waals surface area (Å²) in [4.78, 5) is 6.51. The SMILES string of the molecule is CNCC1CCCN1c1nccc(C#N)c1Cl. The van der Waals surface area contributed by atoms with Crippen LogP contribution >= 0.6 is 11.6 Å². The van der Waals surface area contributed by atoms with E-state index in [4.69, 9.17) is 16.9 Å². The Morgan fingerprint density at radius 1 is 1.71 bits per heavy atom. The van der Waals surface area contributed by atoms with Gasteiger partial charge in [-0.1, -0.05) is 11.6 Å². The van der Waals surface area contributed by atoms with Gasteiger partial charge in [0.2, 0.25) is 0 Å². The average Bonchev–Trinajstić information content (AvgIpc) is 2.78. The summed E-state index contributed by atoms with van der Waals surface area (Å²) in [6, 6.07) is 4.16. The Morgan fingerprint density at radius 3 is 3.24 bits per heavy atom. The predicted octanol–water partition coefficient (Wildman–Crippen LogP) is 1.79. The summed E-state index contributed by atoms with van der Waals surface area (Å²) in [6.45, 7) is 1.86. The molecular weight excluding hydrogens is 236 g/mol. The van der Waals surface area contributed by atoms with Gasteiger partial charge in [-0.05, 0) is 26.0 Å². The van der Waals surface area contributed by atoms with Crippen LogP contribution in [0.1, 0.15) is 18.4 Å². The van der Waals surface area contributed by atoms with E-state index in [9.17, 15) is 0 Å². The third kappa shape index (κ3) is 2.36. The van der Waals surface area contributed by atoms with Crippen LogP contribution in [0, 0.1) is 11.3 Å². The zero-order valence-corrected chi connectivity index (χ0v) is 10.5. The third-order valence-electron chi connectivity index (χ3n) is 3.08. The van der Waals surface area contributed by atoms with Crippen LogP contribution in [0.2, 0.25) is 5.02 Å². The maximum Gasteiger partial charge on any atom is 0.149 e. The number of aromatic nitrogens is 1. The molecule has 0 aliphatic carbocycles. The fraction of sp³-hybridized carbons (Fsp3) is 0.500. The fourth-order valence-corrected chi connectivity index (χ4v) is 2.54. The molecular formula is C12H15ClN4. The minimum Gasteiger partial charge on any atom is -0.351 e. The van der Waals surface area contributed by atoms with E-state index in [1.54, 1.807) is 12.3 Å². The lowest BCUT2D eigenvalue weighted by Crippen LogP contribution is -2.37. The molecule has 1 aromatic rings. The molecule has 0 aromatic carbocycles. The van der Waals surface area contributed by atoms with Gasteiger partial charge in [0.1, 0.15) is 16.9 Å². The molecule has 4 nitrogen and oxygen atoms in total. The van der Waals surface area contributed by atoms with E-state index in [-0.39, 0.29) is 0 Å². The number of anilines is 1. The van der Waals surface area contributed by atoms with Crippen molar-refractivity contribution in [3.8, 4) is 6.07 Å². The number of nitrogens with zero attached hydrogens (tertiary/aromatic N) is 3. The van der Waals surface area contributed by atoms with E-state index < -0.39 is 0 Å². The van der Waals surface area contributed by atoms with E-state index in [1.807, 2.05) is 7.05 Å². The quantitative estimate of drug-likeness (QED) is 0.889. The van der Waals surface area contributed by atoms with E-state index in [1.165, 1.54) is 0 Å². The summed E-state index contributed by atoms with van der Waals surface area (Å²) in [6.07, 6.45) is 3.92. The summed E-state index contributed by atoms with van der Waals surface area (Å²) < 4.78 is 0. The number of rotatable bonds is 3. The standard InChI is InChI=1S/C12H15ClN4/c1-15-8-10-3-2-6-17(10)12-11(13)9(7-14)4-5-16-12/h4-5,10,15H,2-3,6,8H2,1H3. The summed E-state index contributed by atoms with van der Waals surface area (Å²) in [5, 5.41) is 12.6. The van der Waals surface area contributed by atoms with Crippen molar-refractivity contribution in [3.63, 3.8) is 0 Å². The van der Waals surface area contributed by atoms with Crippen molar-refractivity contribution in [2.24, 2.45) is 0 Å². The highest BCUT2D eigenvalue weighted by Crippen LogP contribution is 2.31. The van der Waals surface area contributed by atoms with E-state index in [2.05, 4.69) is 21.3 Å². The molecule has 90 valence electrons. The van der Waals surface area contributed by atoms with Gasteiger partial charge < -0.3 is 10.2 Å². The topological polar surface area (TPSA) is 52.0 Å². The molecule has 1 aliphatic rings. The van der Waals surface area contributed by atoms with Gasteiger partial charge in [0.05, 0.1) is 5.56 Å². The third-order valence-corrected chi connectivity index (χ3v) is 3.45. The fourth-order valence-electron chi connectivity index (χ4n) is 2.28. The zero-order chi connectivity index (χ0) is 12.3. The maximum atomic E-state index is 8.96. The van der Waals surface area contributed by atoms with Crippen molar-refractivity contribution < 1.29 is 0 Å². The van der Waals surface area contributed by atoms with Crippen molar-refractivity contribution in [1.82, 2.24) is 10.3 Å². The van der Waals surface area contributed by atoms with Crippen molar-refractivity contribution >= 4 is 17.4 Å². The lowest BCUT2D eigenvalue weighted by Gasteiger charge is -2.26. The lowest BCUT2D eigenvalue weighted by molar-refractivity contribution is 0.612. The molecule has 1 atom stereocenters. The first-order chi connectivity index (χ1) is 8.27. The summed E-state index contributed by atoms with van der Waals surface area (Å²) in [7, 11) is 1.94. The molecule has 2 heterocycles. The first-order valence-corrected chi connectivity index (χ1v) is 6.11. The highest BCUT2D eigenvalue weighted by atomic mass is 35.5. The normalized spacial score (nSPS) is 19.4. The number of nitrogens with one attached hydrogen (secondary N) is 1. The number of hydrogen-bond acceptors (Lipinski definition) is 4. The Kier molecular flexibility index (Phi) is 3.82. The van der Waals surface area contributed by atoms with Crippen LogP contribution in [-0.4, -0.2) is 31.2 Å². The molecule has 2 rings (SSSR count). The molecule has 1 fully saturated rings. The Hall–Kier alpha value is -1.31. The molecule has 0 radical (unpaired) electrons. The van der Waals surface area contributed by atoms with Crippen LogP contribution in [0.5, 0.6) is 0 Å². The molecule has 0 saturated carbocycles. The number of likely N-dealkylation sites (N-methyl/N-ethyl adjacent to an activating group) is 1. The van der Waals surface area contributed by atoms with Crippen molar-refractivity contribution in [1.29, 1.82) is 5.26 Å². The minimum absolute atomic E-state index is 0.416. The number of pyridine rings is 1. The van der Waals surface area contributed by atoms with Gasteiger partial charge in [-0.2, -0.15) is 5.26 Å². The van der Waals surface area contributed by atoms with Crippen LogP contribution in [0.3, 0.4) is 0 Å². The first kappa shape index (κ1) is 12.2. The number of hydrogen-bond donors (Lipinski definition) is 1. The van der Waals surface area contributed by atoms with Gasteiger partial charge in [-0.15, -0.1) is 0 Å². The van der Waals surface area contributed by atoms with Crippen LogP contribution in [-0.2, 0) is 0 Å². The van der Waals surface area contributed by atoms with Gasteiger partial charge in [-0.25, -0.2) is 4.98 Å². The maximum absolute atomic E-state index is 8.96. The summed E-state index contributed by atoms with van der Waals surface area (Å²) in [5.74, 6) is 0.739. The first-order valence-electron chi connectivity index (χ1n) is 5.73. The molecule has 1 aliphatic heterocycles. The van der Waals surface area contributed by atoms with Crippen LogP contribution in [0.25, 0.3) is 0 Å². The van der Waals surface area contributed by atoms with Gasteiger partial charge in [0.15, 0.2) is 0 Å². The molecule has 1 unspecified atom stereocenters. The Balaban J connectivity index is 2.30. The Bertz CT molecular complexity index is 441. The van der Waals surface area contributed by atoms with Crippen LogP contribution < -0.4 is 10.2 Å². The monoisotopic (exact) mass is 250 g/mol. The zero-order valence-electron chi connectivity index (χ0n) is 9.78. The molecule has 0 spiro atoms. The van der Waals surface area contributed by atoms with E-state index in [0.29, 0.717) is 16.6 Å². The molecule has 1 aromatic heterocycles. The van der Waals surface area contributed by atoms with Crippen molar-refractivity contribution in [2.45, 2.75) is 18.9 Å². The van der Waals surface area contributed by atoms with Crippen LogP contribution in [0.4, 0.5) is 5.82 Å². The van der Waals surface area contributed by atoms with Gasteiger partial charge in [0, 0.05) is 25.3 Å². The Labute approximate surface area is 106 Å². The summed E-state index contributed by atoms with van der Waals surface area (Å²) in [5.41, 5.74) is 0.492. The van der Waals surface area contributed by atoms with Crippen molar-refractivity contribution in [2.75, 3.05) is 25.0 Å². The smallest absolute Gasteiger partial charge is 0.149 e. The van der Waals surface area contributed by atoms with Gasteiger partial charge >= 0.3 is 0 Å². The minimum atomic E-state index is 0.416. The largest absolute Gasteiger partial charge is 0.351 e. The number of halogens is 1. The van der Waals surface area contributed by atoms with Gasteiger partial charge in [0.25, 0.3) is 0 Å². The summed E-state index contributed by atoms with van der Waals surface area (Å²) >= 11 is 6.21. The lowest BCUT2D eigenvalue weighted by atomic mass is 10.2. The highest BCUT2D eigenvalue weighted by molar-refractivity contribution is 6.34. The Morgan fingerprint density at radius 2 is 2.53 bits per heavy atom. The molecule has 1 N–H and O–H groups in total. The second-order valence-electron chi connectivity index (χ2n) is 4.16. The van der Waals surface area contributed by atoms with Crippen LogP contribution in [0.15, 0.2) is 12.3 Å².